The van der Waals surface area contributed by atoms with Crippen molar-refractivity contribution >= 4 is 50.9 Å². The highest BCUT2D eigenvalue weighted by Crippen LogP contribution is 2.37. The van der Waals surface area contributed by atoms with Gasteiger partial charge in [0.25, 0.3) is 0 Å². The second kappa shape index (κ2) is 6.04. The molecule has 128 valence electrons. The summed E-state index contributed by atoms with van der Waals surface area (Å²) in [6.45, 7) is 4.44. The number of carbonyl (C=O) groups is 1. The van der Waals surface area contributed by atoms with E-state index in [1.165, 1.54) is 11.3 Å². The first-order valence-corrected chi connectivity index (χ1v) is 9.44. The molecule has 1 unspecified atom stereocenters. The molecular formula is C16H19ClN4O2S. The van der Waals surface area contributed by atoms with E-state index < -0.39 is 5.97 Å². The standard InChI is InChI=1S/C16H19ClN4O2S/c1-9-4-6-21(9)16-18-13(11-7-12(17)24-14(11)19-16)20-5-2-3-10(8-20)15(22)23/h7,9-10H,2-6,8H2,1H3,(H,22,23)/t9-,10?/m0/s1. The molecule has 2 aliphatic rings. The summed E-state index contributed by atoms with van der Waals surface area (Å²) in [5.41, 5.74) is 0. The van der Waals surface area contributed by atoms with Crippen LogP contribution in [0.3, 0.4) is 0 Å². The van der Waals surface area contributed by atoms with Gasteiger partial charge in [-0.05, 0) is 32.3 Å². The van der Waals surface area contributed by atoms with E-state index in [4.69, 9.17) is 16.6 Å². The SMILES string of the molecule is C[C@H]1CCN1c1nc(N2CCCC(C(=O)O)C2)c2cc(Cl)sc2n1. The molecule has 4 rings (SSSR count). The fourth-order valence-electron chi connectivity index (χ4n) is 3.42. The number of aromatic nitrogens is 2. The molecular weight excluding hydrogens is 348 g/mol. The Morgan fingerprint density at radius 1 is 1.38 bits per heavy atom. The van der Waals surface area contributed by atoms with E-state index in [0.717, 1.165) is 54.3 Å². The molecule has 6 nitrogen and oxygen atoms in total. The Morgan fingerprint density at radius 2 is 2.21 bits per heavy atom. The highest BCUT2D eigenvalue weighted by atomic mass is 35.5. The van der Waals surface area contributed by atoms with Crippen molar-refractivity contribution in [3.63, 3.8) is 0 Å². The lowest BCUT2D eigenvalue weighted by Gasteiger charge is -2.39. The predicted molar refractivity (Wildman–Crippen MR) is 96.4 cm³/mol. The summed E-state index contributed by atoms with van der Waals surface area (Å²) < 4.78 is 0.682. The van der Waals surface area contributed by atoms with Gasteiger partial charge in [0.15, 0.2) is 0 Å². The van der Waals surface area contributed by atoms with Crippen LogP contribution < -0.4 is 9.80 Å². The fraction of sp³-hybridized carbons (Fsp3) is 0.562. The quantitative estimate of drug-likeness (QED) is 0.899. The molecule has 2 atom stereocenters. The van der Waals surface area contributed by atoms with E-state index in [0.29, 0.717) is 16.9 Å². The molecule has 0 aromatic carbocycles. The van der Waals surface area contributed by atoms with Crippen LogP contribution in [0.1, 0.15) is 26.2 Å². The van der Waals surface area contributed by atoms with Gasteiger partial charge < -0.3 is 14.9 Å². The smallest absolute Gasteiger partial charge is 0.308 e. The van der Waals surface area contributed by atoms with Gasteiger partial charge in [-0.25, -0.2) is 4.98 Å². The van der Waals surface area contributed by atoms with E-state index in [1.54, 1.807) is 0 Å². The number of carboxylic acid groups (broad SMARTS) is 1. The molecule has 2 fully saturated rings. The molecule has 0 saturated carbocycles. The van der Waals surface area contributed by atoms with Gasteiger partial charge in [0, 0.05) is 25.7 Å². The van der Waals surface area contributed by atoms with E-state index in [-0.39, 0.29) is 5.92 Å². The third-order valence-corrected chi connectivity index (χ3v) is 6.14. The molecule has 0 spiro atoms. The van der Waals surface area contributed by atoms with Crippen LogP contribution in [0.2, 0.25) is 4.34 Å². The van der Waals surface area contributed by atoms with Crippen molar-refractivity contribution < 1.29 is 9.90 Å². The van der Waals surface area contributed by atoms with Crippen molar-refractivity contribution in [3.8, 4) is 0 Å². The minimum Gasteiger partial charge on any atom is -0.481 e. The number of carboxylic acids is 1. The van der Waals surface area contributed by atoms with E-state index >= 15 is 0 Å². The first kappa shape index (κ1) is 15.9. The minimum absolute atomic E-state index is 0.343. The van der Waals surface area contributed by atoms with Crippen LogP contribution in [-0.2, 0) is 4.79 Å². The number of hydrogen-bond acceptors (Lipinski definition) is 6. The summed E-state index contributed by atoms with van der Waals surface area (Å²) in [6.07, 6.45) is 2.73. The number of hydrogen-bond donors (Lipinski definition) is 1. The van der Waals surface area contributed by atoms with Crippen molar-refractivity contribution in [2.45, 2.75) is 32.2 Å². The third kappa shape index (κ3) is 2.69. The van der Waals surface area contributed by atoms with Gasteiger partial charge in [0.05, 0.1) is 15.6 Å². The Morgan fingerprint density at radius 3 is 2.88 bits per heavy atom. The summed E-state index contributed by atoms with van der Waals surface area (Å²) in [5, 5.41) is 10.3. The highest BCUT2D eigenvalue weighted by Gasteiger charge is 2.31. The van der Waals surface area contributed by atoms with Gasteiger partial charge in [-0.3, -0.25) is 4.79 Å². The van der Waals surface area contributed by atoms with Gasteiger partial charge >= 0.3 is 5.97 Å². The molecule has 2 aromatic heterocycles. The number of fused-ring (bicyclic) bond motifs is 1. The first-order valence-electron chi connectivity index (χ1n) is 8.24. The molecule has 0 radical (unpaired) electrons. The van der Waals surface area contributed by atoms with Crippen molar-refractivity contribution in [2.24, 2.45) is 5.92 Å². The van der Waals surface area contributed by atoms with Crippen LogP contribution in [0.5, 0.6) is 0 Å². The second-order valence-corrected chi connectivity index (χ2v) is 8.23. The molecule has 0 amide bonds. The van der Waals surface area contributed by atoms with Crippen molar-refractivity contribution in [3.05, 3.63) is 10.4 Å². The third-order valence-electron chi connectivity index (χ3n) is 4.98. The Kier molecular flexibility index (Phi) is 4.00. The predicted octanol–water partition coefficient (Wildman–Crippen LogP) is 3.24. The van der Waals surface area contributed by atoms with Crippen LogP contribution in [0.4, 0.5) is 11.8 Å². The zero-order valence-corrected chi connectivity index (χ0v) is 15.0. The van der Waals surface area contributed by atoms with Gasteiger partial charge in [-0.15, -0.1) is 11.3 Å². The average molecular weight is 367 g/mol. The molecule has 24 heavy (non-hydrogen) atoms. The normalized spacial score (nSPS) is 24.2. The van der Waals surface area contributed by atoms with E-state index in [1.807, 2.05) is 6.07 Å². The average Bonchev–Trinajstić information content (AvgIpc) is 2.93. The number of aliphatic carboxylic acids is 1. The number of anilines is 2. The molecule has 4 heterocycles. The number of nitrogens with zero attached hydrogens (tertiary/aromatic N) is 4. The maximum absolute atomic E-state index is 11.4. The van der Waals surface area contributed by atoms with Crippen molar-refractivity contribution in [1.82, 2.24) is 9.97 Å². The summed E-state index contributed by atoms with van der Waals surface area (Å²) in [5.74, 6) is 0.476. The van der Waals surface area contributed by atoms with Crippen LogP contribution in [0.15, 0.2) is 6.07 Å². The lowest BCUT2D eigenvalue weighted by molar-refractivity contribution is -0.141. The summed E-state index contributed by atoms with van der Waals surface area (Å²) in [7, 11) is 0. The van der Waals surface area contributed by atoms with Crippen LogP contribution >= 0.6 is 22.9 Å². The van der Waals surface area contributed by atoms with Gasteiger partial charge in [0.1, 0.15) is 10.6 Å². The second-order valence-electron chi connectivity index (χ2n) is 6.57. The van der Waals surface area contributed by atoms with Gasteiger partial charge in [0.2, 0.25) is 5.95 Å². The Hall–Kier alpha value is -1.60. The molecule has 2 aliphatic heterocycles. The number of piperidine rings is 1. The Bertz CT molecular complexity index is 796. The van der Waals surface area contributed by atoms with Crippen LogP contribution in [-0.4, -0.2) is 46.7 Å². The lowest BCUT2D eigenvalue weighted by Crippen LogP contribution is -2.47. The van der Waals surface area contributed by atoms with Crippen LogP contribution in [0.25, 0.3) is 10.2 Å². The van der Waals surface area contributed by atoms with E-state index in [9.17, 15) is 9.90 Å². The maximum Gasteiger partial charge on any atom is 0.308 e. The molecule has 2 aromatic rings. The van der Waals surface area contributed by atoms with Gasteiger partial charge in [-0.2, -0.15) is 4.98 Å². The number of thiophene rings is 1. The monoisotopic (exact) mass is 366 g/mol. The topological polar surface area (TPSA) is 69.6 Å². The number of rotatable bonds is 3. The first-order chi connectivity index (χ1) is 11.5. The zero-order chi connectivity index (χ0) is 16.8. The lowest BCUT2D eigenvalue weighted by atomic mass is 9.98. The largest absolute Gasteiger partial charge is 0.481 e. The Balaban J connectivity index is 1.76. The maximum atomic E-state index is 11.4. The van der Waals surface area contributed by atoms with Gasteiger partial charge in [-0.1, -0.05) is 11.6 Å². The van der Waals surface area contributed by atoms with E-state index in [2.05, 4.69) is 21.7 Å². The Labute approximate surface area is 149 Å². The molecule has 1 N–H and O–H groups in total. The minimum atomic E-state index is -0.732. The highest BCUT2D eigenvalue weighted by molar-refractivity contribution is 7.22. The summed E-state index contributed by atoms with van der Waals surface area (Å²) in [4.78, 5) is 26.0. The fourth-order valence-corrected chi connectivity index (χ4v) is 4.50. The molecule has 2 saturated heterocycles. The molecule has 0 aliphatic carbocycles. The van der Waals surface area contributed by atoms with Crippen molar-refractivity contribution in [2.75, 3.05) is 29.4 Å². The summed E-state index contributed by atoms with van der Waals surface area (Å²) in [6, 6.07) is 2.34. The van der Waals surface area contributed by atoms with Crippen molar-refractivity contribution in [1.29, 1.82) is 0 Å². The summed E-state index contributed by atoms with van der Waals surface area (Å²) >= 11 is 7.66. The zero-order valence-electron chi connectivity index (χ0n) is 13.4. The van der Waals surface area contributed by atoms with Crippen LogP contribution in [0, 0.1) is 5.92 Å². The molecule has 0 bridgehead atoms. The molecule has 8 heteroatoms. The number of halogens is 1.